The first kappa shape index (κ1) is 7.61. The first-order valence-electron chi connectivity index (χ1n) is 3.94. The van der Waals surface area contributed by atoms with Crippen LogP contribution in [0.1, 0.15) is 18.6 Å². The van der Waals surface area contributed by atoms with E-state index in [1.54, 1.807) is 6.07 Å². The lowest BCUT2D eigenvalue weighted by atomic mass is 10.2. The van der Waals surface area contributed by atoms with E-state index in [0.717, 1.165) is 12.8 Å². The van der Waals surface area contributed by atoms with Crippen molar-refractivity contribution in [2.75, 3.05) is 7.11 Å². The van der Waals surface area contributed by atoms with Gasteiger partial charge in [-0.2, -0.15) is 0 Å². The van der Waals surface area contributed by atoms with Crippen molar-refractivity contribution in [1.29, 1.82) is 0 Å². The fourth-order valence-corrected chi connectivity index (χ4v) is 1.12. The van der Waals surface area contributed by atoms with Gasteiger partial charge < -0.3 is 14.4 Å². The van der Waals surface area contributed by atoms with Crippen LogP contribution in [0.25, 0.3) is 0 Å². The molecule has 1 fully saturated rings. The standard InChI is InChI=1S/C8H11NO3/c1-11-7-4-6(12-9-7)5-8(10)2-3-8/h4,10H,2-3,5H2,1H3. The number of methoxy groups -OCH3 is 1. The summed E-state index contributed by atoms with van der Waals surface area (Å²) in [6.45, 7) is 0. The van der Waals surface area contributed by atoms with E-state index < -0.39 is 5.60 Å². The maximum atomic E-state index is 9.54. The molecule has 1 heterocycles. The molecule has 1 saturated carbocycles. The molecule has 66 valence electrons. The van der Waals surface area contributed by atoms with Crippen LogP contribution in [-0.4, -0.2) is 23.0 Å². The highest BCUT2D eigenvalue weighted by molar-refractivity contribution is 5.14. The molecule has 2 rings (SSSR count). The van der Waals surface area contributed by atoms with Crippen molar-refractivity contribution < 1.29 is 14.4 Å². The predicted octanol–water partition coefficient (Wildman–Crippen LogP) is 0.751. The average Bonchev–Trinajstić information content (AvgIpc) is 2.63. The Balaban J connectivity index is 2.03. The number of aliphatic hydroxyl groups is 1. The first-order valence-corrected chi connectivity index (χ1v) is 3.94. The van der Waals surface area contributed by atoms with Crippen LogP contribution < -0.4 is 4.74 Å². The molecule has 1 aliphatic rings. The molecule has 0 unspecified atom stereocenters. The highest BCUT2D eigenvalue weighted by Gasteiger charge is 2.41. The Labute approximate surface area is 70.1 Å². The van der Waals surface area contributed by atoms with E-state index in [9.17, 15) is 5.11 Å². The Morgan fingerprint density at radius 3 is 3.00 bits per heavy atom. The molecule has 1 N–H and O–H groups in total. The summed E-state index contributed by atoms with van der Waals surface area (Å²) in [6.07, 6.45) is 2.26. The van der Waals surface area contributed by atoms with E-state index >= 15 is 0 Å². The van der Waals surface area contributed by atoms with Crippen LogP contribution in [0.5, 0.6) is 5.88 Å². The van der Waals surface area contributed by atoms with Crippen LogP contribution in [0.15, 0.2) is 10.6 Å². The Hall–Kier alpha value is -1.03. The van der Waals surface area contributed by atoms with Crippen LogP contribution in [-0.2, 0) is 6.42 Å². The smallest absolute Gasteiger partial charge is 0.254 e. The SMILES string of the molecule is COc1cc(CC2(O)CC2)on1. The molecule has 0 aliphatic heterocycles. The van der Waals surface area contributed by atoms with Gasteiger partial charge in [-0.1, -0.05) is 0 Å². The van der Waals surface area contributed by atoms with Gasteiger partial charge in [0, 0.05) is 12.5 Å². The Morgan fingerprint density at radius 1 is 1.75 bits per heavy atom. The number of ether oxygens (including phenoxy) is 1. The molecule has 0 saturated heterocycles. The average molecular weight is 169 g/mol. The van der Waals surface area contributed by atoms with Gasteiger partial charge in [-0.05, 0) is 18.0 Å². The second-order valence-electron chi connectivity index (χ2n) is 3.24. The Morgan fingerprint density at radius 2 is 2.50 bits per heavy atom. The van der Waals surface area contributed by atoms with Crippen LogP contribution in [0.4, 0.5) is 0 Å². The van der Waals surface area contributed by atoms with Crippen molar-refractivity contribution in [2.24, 2.45) is 0 Å². The summed E-state index contributed by atoms with van der Waals surface area (Å²) in [5.41, 5.74) is -0.523. The Bertz CT molecular complexity index is 278. The van der Waals surface area contributed by atoms with Gasteiger partial charge in [0.25, 0.3) is 5.88 Å². The first-order chi connectivity index (χ1) is 5.72. The van der Waals surface area contributed by atoms with E-state index in [1.165, 1.54) is 7.11 Å². The van der Waals surface area contributed by atoms with E-state index in [4.69, 9.17) is 9.26 Å². The lowest BCUT2D eigenvalue weighted by Gasteiger charge is -2.00. The molecule has 0 atom stereocenters. The fourth-order valence-electron chi connectivity index (χ4n) is 1.12. The van der Waals surface area contributed by atoms with Crippen molar-refractivity contribution in [3.05, 3.63) is 11.8 Å². The van der Waals surface area contributed by atoms with Crippen LogP contribution in [0.3, 0.4) is 0 Å². The summed E-state index contributed by atoms with van der Waals surface area (Å²) in [7, 11) is 1.54. The molecule has 1 aromatic heterocycles. The maximum absolute atomic E-state index is 9.54. The monoisotopic (exact) mass is 169 g/mol. The predicted molar refractivity (Wildman–Crippen MR) is 40.9 cm³/mol. The molecule has 12 heavy (non-hydrogen) atoms. The summed E-state index contributed by atoms with van der Waals surface area (Å²) >= 11 is 0. The molecule has 0 spiro atoms. The fraction of sp³-hybridized carbons (Fsp3) is 0.625. The molecule has 0 radical (unpaired) electrons. The van der Waals surface area contributed by atoms with Crippen molar-refractivity contribution in [2.45, 2.75) is 24.9 Å². The third kappa shape index (κ3) is 1.43. The second-order valence-corrected chi connectivity index (χ2v) is 3.24. The van der Waals surface area contributed by atoms with E-state index in [-0.39, 0.29) is 0 Å². The molecule has 0 amide bonds. The van der Waals surface area contributed by atoms with Crippen LogP contribution in [0, 0.1) is 0 Å². The zero-order chi connectivity index (χ0) is 8.60. The lowest BCUT2D eigenvalue weighted by molar-refractivity contribution is 0.140. The molecule has 4 heteroatoms. The van der Waals surface area contributed by atoms with Gasteiger partial charge in [0.2, 0.25) is 0 Å². The van der Waals surface area contributed by atoms with E-state index in [0.29, 0.717) is 18.1 Å². The minimum absolute atomic E-state index is 0.467. The van der Waals surface area contributed by atoms with Crippen molar-refractivity contribution >= 4 is 0 Å². The van der Waals surface area contributed by atoms with Gasteiger partial charge in [-0.25, -0.2) is 0 Å². The number of hydrogen-bond donors (Lipinski definition) is 1. The summed E-state index contributed by atoms with van der Waals surface area (Å²) < 4.78 is 9.78. The van der Waals surface area contributed by atoms with E-state index in [2.05, 4.69) is 5.16 Å². The second kappa shape index (κ2) is 2.48. The normalized spacial score (nSPS) is 19.2. The molecule has 0 aromatic carbocycles. The van der Waals surface area contributed by atoms with Crippen molar-refractivity contribution in [1.82, 2.24) is 5.16 Å². The number of aromatic nitrogens is 1. The quantitative estimate of drug-likeness (QED) is 0.725. The van der Waals surface area contributed by atoms with Crippen LogP contribution in [0.2, 0.25) is 0 Å². The molecular weight excluding hydrogens is 158 g/mol. The van der Waals surface area contributed by atoms with Crippen molar-refractivity contribution in [3.63, 3.8) is 0 Å². The minimum Gasteiger partial charge on any atom is -0.479 e. The summed E-state index contributed by atoms with van der Waals surface area (Å²) in [5.74, 6) is 1.15. The molecule has 1 aliphatic carbocycles. The largest absolute Gasteiger partial charge is 0.479 e. The highest BCUT2D eigenvalue weighted by Crippen LogP contribution is 2.38. The highest BCUT2D eigenvalue weighted by atomic mass is 16.5. The molecule has 0 bridgehead atoms. The molecular formula is C8H11NO3. The maximum Gasteiger partial charge on any atom is 0.254 e. The number of hydrogen-bond acceptors (Lipinski definition) is 4. The topological polar surface area (TPSA) is 55.5 Å². The number of rotatable bonds is 3. The van der Waals surface area contributed by atoms with Gasteiger partial charge in [0.1, 0.15) is 5.76 Å². The number of nitrogens with zero attached hydrogens (tertiary/aromatic N) is 1. The van der Waals surface area contributed by atoms with Gasteiger partial charge >= 0.3 is 0 Å². The zero-order valence-electron chi connectivity index (χ0n) is 6.91. The zero-order valence-corrected chi connectivity index (χ0v) is 6.91. The third-order valence-electron chi connectivity index (χ3n) is 2.08. The van der Waals surface area contributed by atoms with Gasteiger partial charge in [0.15, 0.2) is 0 Å². The van der Waals surface area contributed by atoms with Gasteiger partial charge in [0.05, 0.1) is 12.7 Å². The Kier molecular flexibility index (Phi) is 1.58. The minimum atomic E-state index is -0.523. The molecule has 4 nitrogen and oxygen atoms in total. The lowest BCUT2D eigenvalue weighted by Crippen LogP contribution is -2.09. The summed E-state index contributed by atoms with van der Waals surface area (Å²) in [5, 5.41) is 13.2. The molecule has 1 aromatic rings. The van der Waals surface area contributed by atoms with E-state index in [1.807, 2.05) is 0 Å². The van der Waals surface area contributed by atoms with Gasteiger partial charge in [-0.15, -0.1) is 0 Å². The summed E-state index contributed by atoms with van der Waals surface area (Å²) in [6, 6.07) is 1.70. The summed E-state index contributed by atoms with van der Waals surface area (Å²) in [4.78, 5) is 0. The van der Waals surface area contributed by atoms with Crippen LogP contribution >= 0.6 is 0 Å². The van der Waals surface area contributed by atoms with Gasteiger partial charge in [-0.3, -0.25) is 0 Å². The third-order valence-corrected chi connectivity index (χ3v) is 2.08. The van der Waals surface area contributed by atoms with Crippen molar-refractivity contribution in [3.8, 4) is 5.88 Å².